The third-order valence-corrected chi connectivity index (χ3v) is 5.61. The van der Waals surface area contributed by atoms with E-state index in [1.54, 1.807) is 0 Å². The van der Waals surface area contributed by atoms with Gasteiger partial charge in [0, 0.05) is 13.5 Å². The van der Waals surface area contributed by atoms with Gasteiger partial charge in [0.25, 0.3) is 0 Å². The lowest BCUT2D eigenvalue weighted by Crippen LogP contribution is -2.30. The topological polar surface area (TPSA) is 41.6 Å². The number of rotatable bonds is 4. The normalized spacial score (nSPS) is 26.0. The van der Waals surface area contributed by atoms with Gasteiger partial charge in [0.05, 0.1) is 27.9 Å². The van der Waals surface area contributed by atoms with Crippen LogP contribution in [0, 0.1) is 28.6 Å². The molecule has 0 bridgehead atoms. The molecule has 1 aliphatic rings. The maximum Gasteiger partial charge on any atom is 0.0850 e. The molecule has 0 saturated heterocycles. The predicted octanol–water partition coefficient (Wildman–Crippen LogP) is 4.53. The highest BCUT2D eigenvalue weighted by molar-refractivity contribution is 6.31. The molecule has 3 nitrogen and oxygen atoms in total. The van der Waals surface area contributed by atoms with Crippen molar-refractivity contribution >= 4 is 11.6 Å². The van der Waals surface area contributed by atoms with Crippen molar-refractivity contribution in [2.24, 2.45) is 24.3 Å². The van der Waals surface area contributed by atoms with E-state index in [4.69, 9.17) is 11.6 Å². The fraction of sp³-hybridized carbons (Fsp3) is 0.765. The molecule has 2 rings (SSSR count). The molecule has 116 valence electrons. The third-order valence-electron chi connectivity index (χ3n) is 5.18. The molecule has 1 heterocycles. The molecule has 1 aromatic rings. The first kappa shape index (κ1) is 16.4. The van der Waals surface area contributed by atoms with Crippen LogP contribution in [0.25, 0.3) is 0 Å². The van der Waals surface area contributed by atoms with Gasteiger partial charge in [-0.15, -0.1) is 0 Å². The summed E-state index contributed by atoms with van der Waals surface area (Å²) in [6, 6.07) is 2.61. The molecule has 0 atom stereocenters. The molecule has 4 heteroatoms. The number of hydrogen-bond acceptors (Lipinski definition) is 2. The summed E-state index contributed by atoms with van der Waals surface area (Å²) in [5, 5.41) is 15.0. The van der Waals surface area contributed by atoms with Gasteiger partial charge < -0.3 is 0 Å². The zero-order valence-corrected chi connectivity index (χ0v) is 14.4. The molecule has 0 aliphatic heterocycles. The van der Waals surface area contributed by atoms with E-state index in [-0.39, 0.29) is 5.41 Å². The molecule has 0 spiro atoms. The van der Waals surface area contributed by atoms with Crippen LogP contribution >= 0.6 is 11.6 Å². The summed E-state index contributed by atoms with van der Waals surface area (Å²) in [4.78, 5) is 0. The monoisotopic (exact) mass is 307 g/mol. The van der Waals surface area contributed by atoms with Crippen LogP contribution in [0.1, 0.15) is 57.8 Å². The van der Waals surface area contributed by atoms with Gasteiger partial charge in [-0.3, -0.25) is 4.68 Å². The minimum atomic E-state index is -0.256. The SMILES string of the molecule is CCc1nn(C)c(CC2(C#N)CCC(C(C)C)CC2)c1Cl. The van der Waals surface area contributed by atoms with Crippen LogP contribution in [-0.4, -0.2) is 9.78 Å². The van der Waals surface area contributed by atoms with Gasteiger partial charge in [0.2, 0.25) is 0 Å². The highest BCUT2D eigenvalue weighted by Gasteiger charge is 2.38. The van der Waals surface area contributed by atoms with Crippen molar-refractivity contribution in [1.29, 1.82) is 5.26 Å². The van der Waals surface area contributed by atoms with Gasteiger partial charge >= 0.3 is 0 Å². The summed E-state index contributed by atoms with van der Waals surface area (Å²) >= 11 is 6.45. The van der Waals surface area contributed by atoms with Crippen LogP contribution in [0.4, 0.5) is 0 Å². The first-order chi connectivity index (χ1) is 9.92. The van der Waals surface area contributed by atoms with Crippen molar-refractivity contribution in [3.8, 4) is 6.07 Å². The Kier molecular flexibility index (Phi) is 4.99. The molecule has 21 heavy (non-hydrogen) atoms. The number of nitriles is 1. The number of nitrogens with zero attached hydrogens (tertiary/aromatic N) is 3. The largest absolute Gasteiger partial charge is 0.271 e. The molecule has 1 aliphatic carbocycles. The minimum Gasteiger partial charge on any atom is -0.271 e. The second-order valence-electron chi connectivity index (χ2n) is 6.83. The van der Waals surface area contributed by atoms with E-state index in [1.165, 1.54) is 0 Å². The Bertz CT molecular complexity index is 531. The number of aromatic nitrogens is 2. The summed E-state index contributed by atoms with van der Waals surface area (Å²) in [6.07, 6.45) is 5.84. The standard InChI is InChI=1S/C17H26ClN3/c1-5-14-16(18)15(21(4)20-14)10-17(11-19)8-6-13(7-9-17)12(2)3/h12-13H,5-10H2,1-4H3. The van der Waals surface area contributed by atoms with E-state index in [0.717, 1.165) is 60.9 Å². The first-order valence-corrected chi connectivity index (χ1v) is 8.41. The van der Waals surface area contributed by atoms with E-state index < -0.39 is 0 Å². The second kappa shape index (κ2) is 6.40. The van der Waals surface area contributed by atoms with E-state index in [0.29, 0.717) is 5.92 Å². The van der Waals surface area contributed by atoms with Crippen molar-refractivity contribution in [3.05, 3.63) is 16.4 Å². The van der Waals surface area contributed by atoms with Crippen LogP contribution in [0.5, 0.6) is 0 Å². The maximum atomic E-state index is 9.75. The Labute approximate surface area is 133 Å². The van der Waals surface area contributed by atoms with Gasteiger partial charge in [-0.05, 0) is 43.9 Å². The van der Waals surface area contributed by atoms with Crippen molar-refractivity contribution in [1.82, 2.24) is 9.78 Å². The fourth-order valence-electron chi connectivity index (χ4n) is 3.52. The van der Waals surface area contributed by atoms with E-state index in [2.05, 4.69) is 31.9 Å². The van der Waals surface area contributed by atoms with Gasteiger partial charge in [0.15, 0.2) is 0 Å². The molecule has 0 N–H and O–H groups in total. The quantitative estimate of drug-likeness (QED) is 0.819. The predicted molar refractivity (Wildman–Crippen MR) is 86.1 cm³/mol. The van der Waals surface area contributed by atoms with Crippen LogP contribution in [0.15, 0.2) is 0 Å². The van der Waals surface area contributed by atoms with E-state index in [9.17, 15) is 5.26 Å². The summed E-state index contributed by atoms with van der Waals surface area (Å²) in [7, 11) is 1.94. The summed E-state index contributed by atoms with van der Waals surface area (Å²) in [6.45, 7) is 6.64. The molecule has 1 fully saturated rings. The van der Waals surface area contributed by atoms with Gasteiger partial charge in [-0.2, -0.15) is 10.4 Å². The van der Waals surface area contributed by atoms with Gasteiger partial charge in [-0.1, -0.05) is 32.4 Å². The summed E-state index contributed by atoms with van der Waals surface area (Å²) in [5.74, 6) is 1.48. The fourth-order valence-corrected chi connectivity index (χ4v) is 3.88. The lowest BCUT2D eigenvalue weighted by Gasteiger charge is -2.36. The Morgan fingerprint density at radius 1 is 1.43 bits per heavy atom. The third kappa shape index (κ3) is 3.26. The Morgan fingerprint density at radius 2 is 2.05 bits per heavy atom. The summed E-state index contributed by atoms with van der Waals surface area (Å²) in [5.41, 5.74) is 1.71. The minimum absolute atomic E-state index is 0.256. The maximum absolute atomic E-state index is 9.75. The first-order valence-electron chi connectivity index (χ1n) is 8.04. The Balaban J connectivity index is 2.18. The zero-order chi connectivity index (χ0) is 15.6. The van der Waals surface area contributed by atoms with Crippen LogP contribution < -0.4 is 0 Å². The molecule has 0 amide bonds. The van der Waals surface area contributed by atoms with Crippen LogP contribution in [0.3, 0.4) is 0 Å². The molecular formula is C17H26ClN3. The molecular weight excluding hydrogens is 282 g/mol. The highest BCUT2D eigenvalue weighted by atomic mass is 35.5. The lowest BCUT2D eigenvalue weighted by molar-refractivity contribution is 0.173. The number of halogens is 1. The van der Waals surface area contributed by atoms with Crippen molar-refractivity contribution < 1.29 is 0 Å². The van der Waals surface area contributed by atoms with Crippen LogP contribution in [0.2, 0.25) is 5.02 Å². The lowest BCUT2D eigenvalue weighted by atomic mass is 9.67. The zero-order valence-electron chi connectivity index (χ0n) is 13.6. The smallest absolute Gasteiger partial charge is 0.0850 e. The van der Waals surface area contributed by atoms with E-state index in [1.807, 2.05) is 11.7 Å². The molecule has 1 aromatic heterocycles. The second-order valence-corrected chi connectivity index (χ2v) is 7.21. The van der Waals surface area contributed by atoms with Crippen molar-refractivity contribution in [2.75, 3.05) is 0 Å². The molecule has 0 aromatic carbocycles. The van der Waals surface area contributed by atoms with Gasteiger partial charge in [0.1, 0.15) is 0 Å². The number of hydrogen-bond donors (Lipinski definition) is 0. The Hall–Kier alpha value is -1.01. The molecule has 1 saturated carbocycles. The van der Waals surface area contributed by atoms with Crippen LogP contribution in [-0.2, 0) is 19.9 Å². The number of aryl methyl sites for hydroxylation is 2. The molecule has 0 radical (unpaired) electrons. The van der Waals surface area contributed by atoms with Crippen molar-refractivity contribution in [3.63, 3.8) is 0 Å². The summed E-state index contributed by atoms with van der Waals surface area (Å²) < 4.78 is 1.87. The Morgan fingerprint density at radius 3 is 2.48 bits per heavy atom. The average molecular weight is 308 g/mol. The highest BCUT2D eigenvalue weighted by Crippen LogP contribution is 2.44. The average Bonchev–Trinajstić information content (AvgIpc) is 2.75. The molecule has 0 unspecified atom stereocenters. The van der Waals surface area contributed by atoms with E-state index >= 15 is 0 Å². The van der Waals surface area contributed by atoms with Crippen molar-refractivity contribution in [2.45, 2.75) is 59.3 Å². The van der Waals surface area contributed by atoms with Gasteiger partial charge in [-0.25, -0.2) is 0 Å².